The predicted octanol–water partition coefficient (Wildman–Crippen LogP) is 3.36. The van der Waals surface area contributed by atoms with Crippen molar-refractivity contribution in [1.82, 2.24) is 0 Å². The number of benzene rings is 1. The maximum atomic E-state index is 10.2. The summed E-state index contributed by atoms with van der Waals surface area (Å²) in [5.41, 5.74) is 0.983. The molecule has 1 aromatic rings. The number of nitrogens with zero attached hydrogens (tertiary/aromatic N) is 1. The maximum Gasteiger partial charge on any atom is 0.269 e. The lowest BCUT2D eigenvalue weighted by molar-refractivity contribution is -0.384. The van der Waals surface area contributed by atoms with Gasteiger partial charge in [-0.1, -0.05) is 26.0 Å². The molecule has 0 bridgehead atoms. The van der Waals surface area contributed by atoms with E-state index in [0.29, 0.717) is 5.88 Å². The largest absolute Gasteiger partial charge is 0.269 e. The Labute approximate surface area is 82.5 Å². The van der Waals surface area contributed by atoms with Gasteiger partial charge in [-0.05, 0) is 5.56 Å². The molecule has 1 aromatic carbocycles. The van der Waals surface area contributed by atoms with E-state index in [1.165, 1.54) is 12.1 Å². The van der Waals surface area contributed by atoms with Crippen LogP contribution in [0.25, 0.3) is 0 Å². The monoisotopic (exact) mass is 201 g/mol. The van der Waals surface area contributed by atoms with E-state index in [9.17, 15) is 10.1 Å². The van der Waals surface area contributed by atoms with Crippen LogP contribution in [0.15, 0.2) is 24.3 Å². The van der Waals surface area contributed by atoms with Crippen molar-refractivity contribution in [3.05, 3.63) is 39.9 Å². The molecule has 0 aromatic heterocycles. The van der Waals surface area contributed by atoms with Crippen molar-refractivity contribution in [2.24, 2.45) is 0 Å². The summed E-state index contributed by atoms with van der Waals surface area (Å²) in [6.07, 6.45) is 0. The highest BCUT2D eigenvalue weighted by Gasteiger charge is 2.02. The van der Waals surface area contributed by atoms with Crippen LogP contribution in [-0.4, -0.2) is 4.92 Å². The van der Waals surface area contributed by atoms with Crippen molar-refractivity contribution in [3.8, 4) is 0 Å². The Bertz CT molecular complexity index is 259. The molecule has 0 unspecified atom stereocenters. The molecule has 0 aliphatic rings. The number of nitro benzene ring substituents is 1. The van der Waals surface area contributed by atoms with Gasteiger partial charge >= 0.3 is 0 Å². The second-order valence-corrected chi connectivity index (χ2v) is 2.32. The normalized spacial score (nSPS) is 8.54. The smallest absolute Gasteiger partial charge is 0.258 e. The number of rotatable bonds is 2. The summed E-state index contributed by atoms with van der Waals surface area (Å²) >= 11 is 5.49. The zero-order chi connectivity index (χ0) is 10.3. The molecule has 0 radical (unpaired) electrons. The molecule has 0 saturated carbocycles. The van der Waals surface area contributed by atoms with Gasteiger partial charge < -0.3 is 0 Å². The molecule has 0 amide bonds. The second kappa shape index (κ2) is 6.43. The molecule has 0 fully saturated rings. The Kier molecular flexibility index (Phi) is 5.89. The molecule has 0 heterocycles. The molecule has 0 aliphatic heterocycles. The molecule has 13 heavy (non-hydrogen) atoms. The number of non-ortho nitro benzene ring substituents is 1. The summed E-state index contributed by atoms with van der Waals surface area (Å²) in [7, 11) is 0. The van der Waals surface area contributed by atoms with Gasteiger partial charge in [0.05, 0.1) is 4.92 Å². The third-order valence-corrected chi connectivity index (χ3v) is 1.61. The highest BCUT2D eigenvalue weighted by Crippen LogP contribution is 2.12. The standard InChI is InChI=1S/C7H6ClNO2.C2H6/c8-5-6-1-3-7(4-2-6)9(10)11;1-2/h1-4H,5H2;1-2H3. The highest BCUT2D eigenvalue weighted by atomic mass is 35.5. The quantitative estimate of drug-likeness (QED) is 0.418. The number of hydrogen-bond donors (Lipinski definition) is 0. The fraction of sp³-hybridized carbons (Fsp3) is 0.333. The summed E-state index contributed by atoms with van der Waals surface area (Å²) in [6, 6.07) is 6.17. The van der Waals surface area contributed by atoms with Gasteiger partial charge in [-0.3, -0.25) is 10.1 Å². The first-order valence-electron chi connectivity index (χ1n) is 4.03. The molecule has 0 aliphatic carbocycles. The van der Waals surface area contributed by atoms with Crippen LogP contribution in [0, 0.1) is 10.1 Å². The molecular formula is C9H12ClNO2. The van der Waals surface area contributed by atoms with Crippen LogP contribution >= 0.6 is 11.6 Å². The first kappa shape index (κ1) is 11.9. The van der Waals surface area contributed by atoms with Crippen molar-refractivity contribution in [2.45, 2.75) is 19.7 Å². The van der Waals surface area contributed by atoms with Gasteiger partial charge in [0.15, 0.2) is 0 Å². The molecule has 0 N–H and O–H groups in total. The van der Waals surface area contributed by atoms with Crippen LogP contribution in [0.5, 0.6) is 0 Å². The van der Waals surface area contributed by atoms with Gasteiger partial charge in [-0.25, -0.2) is 0 Å². The Hall–Kier alpha value is -1.09. The third-order valence-electron chi connectivity index (χ3n) is 1.30. The summed E-state index contributed by atoms with van der Waals surface area (Å²) in [5.74, 6) is 0.387. The van der Waals surface area contributed by atoms with Crippen molar-refractivity contribution >= 4 is 17.3 Å². The van der Waals surface area contributed by atoms with Crippen molar-refractivity contribution in [2.75, 3.05) is 0 Å². The SMILES string of the molecule is CC.O=[N+]([O-])c1ccc(CCl)cc1. The van der Waals surface area contributed by atoms with Crippen LogP contribution < -0.4 is 0 Å². The lowest BCUT2D eigenvalue weighted by Crippen LogP contribution is -1.87. The van der Waals surface area contributed by atoms with E-state index in [1.807, 2.05) is 13.8 Å². The topological polar surface area (TPSA) is 43.1 Å². The predicted molar refractivity (Wildman–Crippen MR) is 54.0 cm³/mol. The Balaban J connectivity index is 0.000000671. The number of alkyl halides is 1. The molecule has 4 heteroatoms. The molecule has 0 atom stereocenters. The summed E-state index contributed by atoms with van der Waals surface area (Å²) in [4.78, 5) is 9.74. The average Bonchev–Trinajstić information content (AvgIpc) is 2.21. The molecule has 72 valence electrons. The minimum Gasteiger partial charge on any atom is -0.258 e. The zero-order valence-corrected chi connectivity index (χ0v) is 8.41. The third kappa shape index (κ3) is 3.90. The van der Waals surface area contributed by atoms with Gasteiger partial charge in [0.2, 0.25) is 0 Å². The van der Waals surface area contributed by atoms with Gasteiger partial charge in [0, 0.05) is 18.0 Å². The van der Waals surface area contributed by atoms with Crippen LogP contribution in [-0.2, 0) is 5.88 Å². The van der Waals surface area contributed by atoms with Crippen LogP contribution in [0.1, 0.15) is 19.4 Å². The average molecular weight is 202 g/mol. The fourth-order valence-corrected chi connectivity index (χ4v) is 0.885. The summed E-state index contributed by atoms with van der Waals surface area (Å²) < 4.78 is 0. The van der Waals surface area contributed by atoms with E-state index in [-0.39, 0.29) is 5.69 Å². The van der Waals surface area contributed by atoms with Gasteiger partial charge in [0.1, 0.15) is 0 Å². The second-order valence-electron chi connectivity index (χ2n) is 2.06. The Morgan fingerprint density at radius 3 is 2.08 bits per heavy atom. The van der Waals surface area contributed by atoms with E-state index in [4.69, 9.17) is 11.6 Å². The zero-order valence-electron chi connectivity index (χ0n) is 7.66. The first-order valence-corrected chi connectivity index (χ1v) is 4.57. The van der Waals surface area contributed by atoms with Gasteiger partial charge in [0.25, 0.3) is 5.69 Å². The van der Waals surface area contributed by atoms with Gasteiger partial charge in [-0.2, -0.15) is 0 Å². The first-order chi connectivity index (χ1) is 6.24. The highest BCUT2D eigenvalue weighted by molar-refractivity contribution is 6.17. The van der Waals surface area contributed by atoms with Crippen molar-refractivity contribution < 1.29 is 4.92 Å². The number of halogens is 1. The molecule has 0 spiro atoms. The Morgan fingerprint density at radius 2 is 1.77 bits per heavy atom. The van der Waals surface area contributed by atoms with E-state index in [0.717, 1.165) is 5.56 Å². The van der Waals surface area contributed by atoms with Crippen molar-refractivity contribution in [3.63, 3.8) is 0 Å². The Morgan fingerprint density at radius 1 is 1.31 bits per heavy atom. The van der Waals surface area contributed by atoms with E-state index in [1.54, 1.807) is 12.1 Å². The lowest BCUT2D eigenvalue weighted by Gasteiger charge is -1.92. The van der Waals surface area contributed by atoms with E-state index < -0.39 is 4.92 Å². The minimum absolute atomic E-state index is 0.0962. The summed E-state index contributed by atoms with van der Waals surface area (Å²) in [6.45, 7) is 4.00. The lowest BCUT2D eigenvalue weighted by atomic mass is 10.2. The molecule has 3 nitrogen and oxygen atoms in total. The minimum atomic E-state index is -0.433. The molecular weight excluding hydrogens is 190 g/mol. The van der Waals surface area contributed by atoms with Crippen LogP contribution in [0.4, 0.5) is 5.69 Å². The molecule has 0 saturated heterocycles. The molecule has 1 rings (SSSR count). The van der Waals surface area contributed by atoms with Crippen molar-refractivity contribution in [1.29, 1.82) is 0 Å². The maximum absolute atomic E-state index is 10.2. The fourth-order valence-electron chi connectivity index (χ4n) is 0.707. The number of nitro groups is 1. The summed E-state index contributed by atoms with van der Waals surface area (Å²) in [5, 5.41) is 10.2. The number of hydrogen-bond acceptors (Lipinski definition) is 2. The van der Waals surface area contributed by atoms with Gasteiger partial charge in [-0.15, -0.1) is 11.6 Å². The van der Waals surface area contributed by atoms with E-state index in [2.05, 4.69) is 0 Å². The van der Waals surface area contributed by atoms with Crippen LogP contribution in [0.2, 0.25) is 0 Å². The van der Waals surface area contributed by atoms with Crippen LogP contribution in [0.3, 0.4) is 0 Å². The van der Waals surface area contributed by atoms with E-state index >= 15 is 0 Å².